The Hall–Kier alpha value is -1.35. The zero-order valence-electron chi connectivity index (χ0n) is 9.65. The van der Waals surface area contributed by atoms with Crippen LogP contribution in [0.2, 0.25) is 0 Å². The van der Waals surface area contributed by atoms with Gasteiger partial charge in [0.25, 0.3) is 0 Å². The molecule has 0 aromatic heterocycles. The molecule has 16 heavy (non-hydrogen) atoms. The minimum atomic E-state index is -0.331. The summed E-state index contributed by atoms with van der Waals surface area (Å²) >= 11 is 0. The highest BCUT2D eigenvalue weighted by Crippen LogP contribution is 2.23. The molecular weight excluding hydrogens is 200 g/mol. The topological polar surface area (TPSA) is 46.3 Å². The molecular formula is C13H18N2O. The molecule has 1 atom stereocenters. The summed E-state index contributed by atoms with van der Waals surface area (Å²) in [6.07, 6.45) is 2.88. The van der Waals surface area contributed by atoms with Gasteiger partial charge in [0.2, 0.25) is 5.91 Å². The number of aryl methyl sites for hydroxylation is 1. The first-order valence-electron chi connectivity index (χ1n) is 5.83. The average molecular weight is 218 g/mol. The molecule has 1 aliphatic rings. The fourth-order valence-electron chi connectivity index (χ4n) is 2.17. The van der Waals surface area contributed by atoms with Crippen molar-refractivity contribution < 1.29 is 4.79 Å². The van der Waals surface area contributed by atoms with E-state index in [0.29, 0.717) is 0 Å². The number of hydrogen-bond donors (Lipinski definition) is 1. The van der Waals surface area contributed by atoms with Crippen LogP contribution in [0.4, 0.5) is 5.69 Å². The summed E-state index contributed by atoms with van der Waals surface area (Å²) in [6, 6.07) is 7.64. The van der Waals surface area contributed by atoms with E-state index in [1.54, 1.807) is 0 Å². The summed E-state index contributed by atoms with van der Waals surface area (Å²) in [5.74, 6) is 0.0619. The first-order chi connectivity index (χ1) is 7.70. The molecule has 1 aromatic rings. The second-order valence-corrected chi connectivity index (χ2v) is 4.38. The van der Waals surface area contributed by atoms with Crippen molar-refractivity contribution in [3.8, 4) is 0 Å². The van der Waals surface area contributed by atoms with E-state index in [0.717, 1.165) is 37.1 Å². The molecule has 1 aliphatic heterocycles. The number of amides is 1. The second kappa shape index (κ2) is 4.66. The van der Waals surface area contributed by atoms with Gasteiger partial charge in [-0.1, -0.05) is 18.2 Å². The maximum Gasteiger partial charge on any atom is 0.243 e. The summed E-state index contributed by atoms with van der Waals surface area (Å²) < 4.78 is 0. The second-order valence-electron chi connectivity index (χ2n) is 4.38. The Kier molecular flexibility index (Phi) is 3.25. The van der Waals surface area contributed by atoms with Crippen LogP contribution in [0.15, 0.2) is 24.3 Å². The summed E-state index contributed by atoms with van der Waals surface area (Å²) in [4.78, 5) is 13.9. The van der Waals surface area contributed by atoms with Crippen LogP contribution in [0.25, 0.3) is 0 Å². The zero-order valence-corrected chi connectivity index (χ0v) is 9.65. The average Bonchev–Trinajstić information content (AvgIpc) is 2.44. The maximum atomic E-state index is 12.1. The predicted octanol–water partition coefficient (Wildman–Crippen LogP) is 1.84. The lowest BCUT2D eigenvalue weighted by molar-refractivity contribution is -0.119. The summed E-state index contributed by atoms with van der Waals surface area (Å²) in [7, 11) is 0. The first kappa shape index (κ1) is 11.1. The molecule has 86 valence electrons. The third-order valence-electron chi connectivity index (χ3n) is 3.14. The highest BCUT2D eigenvalue weighted by atomic mass is 16.2. The molecule has 0 unspecified atom stereocenters. The lowest BCUT2D eigenvalue weighted by Crippen LogP contribution is -2.42. The number of rotatable bonds is 1. The first-order valence-corrected chi connectivity index (χ1v) is 5.83. The van der Waals surface area contributed by atoms with E-state index in [4.69, 9.17) is 5.73 Å². The third-order valence-corrected chi connectivity index (χ3v) is 3.14. The summed E-state index contributed by atoms with van der Waals surface area (Å²) in [6.45, 7) is 2.82. The Morgan fingerprint density at radius 1 is 1.31 bits per heavy atom. The summed E-state index contributed by atoms with van der Waals surface area (Å²) in [5.41, 5.74) is 8.00. The zero-order chi connectivity index (χ0) is 11.5. The number of carbonyl (C=O) groups excluding carboxylic acids is 1. The van der Waals surface area contributed by atoms with Crippen LogP contribution in [-0.2, 0) is 4.79 Å². The van der Waals surface area contributed by atoms with E-state index in [9.17, 15) is 4.79 Å². The van der Waals surface area contributed by atoms with Crippen molar-refractivity contribution in [2.24, 2.45) is 5.73 Å². The van der Waals surface area contributed by atoms with Gasteiger partial charge in [-0.3, -0.25) is 4.79 Å². The van der Waals surface area contributed by atoms with Gasteiger partial charge in [0.1, 0.15) is 0 Å². The number of para-hydroxylation sites is 1. The molecule has 0 spiro atoms. The fraction of sp³-hybridized carbons (Fsp3) is 0.462. The van der Waals surface area contributed by atoms with Crippen molar-refractivity contribution in [3.63, 3.8) is 0 Å². The van der Waals surface area contributed by atoms with E-state index in [1.165, 1.54) is 0 Å². The normalized spacial score (nSPS) is 22.0. The fourth-order valence-corrected chi connectivity index (χ4v) is 2.17. The van der Waals surface area contributed by atoms with E-state index in [-0.39, 0.29) is 11.9 Å². The van der Waals surface area contributed by atoms with Crippen LogP contribution in [-0.4, -0.2) is 18.5 Å². The Morgan fingerprint density at radius 2 is 2.06 bits per heavy atom. The van der Waals surface area contributed by atoms with Crippen LogP contribution >= 0.6 is 0 Å². The number of hydrogen-bond acceptors (Lipinski definition) is 2. The van der Waals surface area contributed by atoms with Crippen molar-refractivity contribution >= 4 is 11.6 Å². The van der Waals surface area contributed by atoms with Gasteiger partial charge in [-0.2, -0.15) is 0 Å². The Bertz CT molecular complexity index is 389. The van der Waals surface area contributed by atoms with Gasteiger partial charge < -0.3 is 10.6 Å². The number of nitrogens with zero attached hydrogens (tertiary/aromatic N) is 1. The number of nitrogens with two attached hydrogens (primary N) is 1. The van der Waals surface area contributed by atoms with Crippen molar-refractivity contribution in [2.75, 3.05) is 11.4 Å². The van der Waals surface area contributed by atoms with Gasteiger partial charge >= 0.3 is 0 Å². The molecule has 1 fully saturated rings. The van der Waals surface area contributed by atoms with Crippen LogP contribution < -0.4 is 10.6 Å². The minimum absolute atomic E-state index is 0.0619. The van der Waals surface area contributed by atoms with Crippen LogP contribution in [0.5, 0.6) is 0 Å². The van der Waals surface area contributed by atoms with Crippen molar-refractivity contribution in [3.05, 3.63) is 29.8 Å². The van der Waals surface area contributed by atoms with Crippen molar-refractivity contribution in [2.45, 2.75) is 32.2 Å². The molecule has 2 N–H and O–H groups in total. The highest BCUT2D eigenvalue weighted by Gasteiger charge is 2.25. The molecule has 2 rings (SSSR count). The van der Waals surface area contributed by atoms with Gasteiger partial charge in [0, 0.05) is 12.2 Å². The molecule has 0 saturated carbocycles. The standard InChI is InChI=1S/C13H18N2O/c1-10-6-2-3-8-12(10)15-9-5-4-7-11(14)13(15)16/h2-3,6,8,11H,4-5,7,9,14H2,1H3/t11-/m0/s1. The largest absolute Gasteiger partial charge is 0.320 e. The smallest absolute Gasteiger partial charge is 0.243 e. The quantitative estimate of drug-likeness (QED) is 0.781. The molecule has 1 heterocycles. The lowest BCUT2D eigenvalue weighted by atomic mass is 10.1. The highest BCUT2D eigenvalue weighted by molar-refractivity contribution is 5.97. The number of benzene rings is 1. The Morgan fingerprint density at radius 3 is 2.81 bits per heavy atom. The van der Waals surface area contributed by atoms with Crippen molar-refractivity contribution in [1.29, 1.82) is 0 Å². The molecule has 0 aliphatic carbocycles. The molecule has 3 heteroatoms. The molecule has 1 saturated heterocycles. The van der Waals surface area contributed by atoms with E-state index in [1.807, 2.05) is 36.1 Å². The molecule has 3 nitrogen and oxygen atoms in total. The van der Waals surface area contributed by atoms with Crippen LogP contribution in [0.3, 0.4) is 0 Å². The van der Waals surface area contributed by atoms with E-state index >= 15 is 0 Å². The van der Waals surface area contributed by atoms with Gasteiger partial charge in [0.05, 0.1) is 6.04 Å². The van der Waals surface area contributed by atoms with Gasteiger partial charge in [-0.25, -0.2) is 0 Å². The Labute approximate surface area is 96.2 Å². The number of anilines is 1. The van der Waals surface area contributed by atoms with Crippen LogP contribution in [0, 0.1) is 6.92 Å². The molecule has 0 radical (unpaired) electrons. The van der Waals surface area contributed by atoms with Gasteiger partial charge in [-0.05, 0) is 37.8 Å². The predicted molar refractivity (Wildman–Crippen MR) is 65.4 cm³/mol. The third kappa shape index (κ3) is 2.09. The summed E-state index contributed by atoms with van der Waals surface area (Å²) in [5, 5.41) is 0. The van der Waals surface area contributed by atoms with Crippen LogP contribution in [0.1, 0.15) is 24.8 Å². The molecule has 1 amide bonds. The monoisotopic (exact) mass is 218 g/mol. The van der Waals surface area contributed by atoms with Gasteiger partial charge in [-0.15, -0.1) is 0 Å². The lowest BCUT2D eigenvalue weighted by Gasteiger charge is -2.24. The molecule has 0 bridgehead atoms. The van der Waals surface area contributed by atoms with Crippen molar-refractivity contribution in [1.82, 2.24) is 0 Å². The minimum Gasteiger partial charge on any atom is -0.320 e. The van der Waals surface area contributed by atoms with E-state index in [2.05, 4.69) is 0 Å². The maximum absolute atomic E-state index is 12.1. The SMILES string of the molecule is Cc1ccccc1N1CCCC[C@H](N)C1=O. The van der Waals surface area contributed by atoms with Gasteiger partial charge in [0.15, 0.2) is 0 Å². The number of carbonyl (C=O) groups is 1. The van der Waals surface area contributed by atoms with E-state index < -0.39 is 0 Å². The Balaban J connectivity index is 2.31. The molecule has 1 aromatic carbocycles.